The van der Waals surface area contributed by atoms with Crippen molar-refractivity contribution in [3.63, 3.8) is 0 Å². The molecule has 8 aromatic rings. The minimum absolute atomic E-state index is 0.887. The molecule has 6 aromatic carbocycles. The van der Waals surface area contributed by atoms with E-state index in [2.05, 4.69) is 127 Å². The van der Waals surface area contributed by atoms with Gasteiger partial charge in [-0.1, -0.05) is 103 Å². The number of halogens is 1. The van der Waals surface area contributed by atoms with Gasteiger partial charge in [-0.2, -0.15) is 0 Å². The molecule has 0 amide bonds. The second-order valence-electron chi connectivity index (χ2n) is 9.40. The number of thiophene rings is 1. The molecule has 0 radical (unpaired) electrons. The normalized spacial score (nSPS) is 11.3. The molecule has 2 aromatic heterocycles. The lowest BCUT2D eigenvalue weighted by Crippen LogP contribution is -1.92. The van der Waals surface area contributed by atoms with Crippen molar-refractivity contribution in [3.8, 4) is 22.4 Å². The SMILES string of the molecule is CCl.c1cc(-c2cnc3c4ccccc4c4ccccc4c3n2)cc(-c2cccc3c2sc2ccccc23)c1. The Balaban J connectivity index is 0.00000124. The third-order valence-corrected chi connectivity index (χ3v) is 8.52. The molecule has 0 aliphatic carbocycles. The standard InChI is InChI=1S/C34H20N2S.CH3Cl/c1-3-14-27-24(11-1)25-12-2-4-15-28(25)33-32(27)35-20-30(36-33)22-10-7-9-21(19-22)23-16-8-17-29-26-13-5-6-18-31(26)37-34(23)29;1-2/h1-20H;1H3. The fraction of sp³-hybridized carbons (Fsp3) is 0.0286. The van der Waals surface area contributed by atoms with E-state index in [-0.39, 0.29) is 0 Å². The highest BCUT2D eigenvalue weighted by molar-refractivity contribution is 7.26. The summed E-state index contributed by atoms with van der Waals surface area (Å²) in [5, 5.41) is 7.33. The zero-order valence-corrected chi connectivity index (χ0v) is 22.8. The zero-order valence-electron chi connectivity index (χ0n) is 21.2. The number of hydrogen-bond donors (Lipinski definition) is 0. The Labute approximate surface area is 235 Å². The van der Waals surface area contributed by atoms with E-state index >= 15 is 0 Å². The van der Waals surface area contributed by atoms with Crippen molar-refractivity contribution >= 4 is 75.7 Å². The molecule has 0 spiro atoms. The predicted octanol–water partition coefficient (Wildman–Crippen LogP) is 10.5. The van der Waals surface area contributed by atoms with E-state index in [1.807, 2.05) is 17.5 Å². The van der Waals surface area contributed by atoms with Gasteiger partial charge < -0.3 is 0 Å². The van der Waals surface area contributed by atoms with E-state index in [1.165, 1.54) is 48.5 Å². The Morgan fingerprint density at radius 3 is 1.90 bits per heavy atom. The van der Waals surface area contributed by atoms with Crippen LogP contribution >= 0.6 is 22.9 Å². The summed E-state index contributed by atoms with van der Waals surface area (Å²) in [6, 6.07) is 41.0. The monoisotopic (exact) mass is 538 g/mol. The quantitative estimate of drug-likeness (QED) is 0.161. The zero-order chi connectivity index (χ0) is 26.3. The second kappa shape index (κ2) is 9.77. The molecule has 0 fully saturated rings. The highest BCUT2D eigenvalue weighted by Gasteiger charge is 2.14. The number of benzene rings is 6. The molecule has 8 rings (SSSR count). The molecular weight excluding hydrogens is 516 g/mol. The average Bonchev–Trinajstić information content (AvgIpc) is 3.41. The van der Waals surface area contributed by atoms with Crippen LogP contribution in [0.3, 0.4) is 0 Å². The fourth-order valence-electron chi connectivity index (χ4n) is 5.58. The van der Waals surface area contributed by atoms with E-state index < -0.39 is 0 Å². The van der Waals surface area contributed by atoms with E-state index in [0.717, 1.165) is 33.1 Å². The van der Waals surface area contributed by atoms with Gasteiger partial charge in [0.25, 0.3) is 0 Å². The van der Waals surface area contributed by atoms with Gasteiger partial charge in [-0.3, -0.25) is 4.98 Å². The summed E-state index contributed by atoms with van der Waals surface area (Å²) in [6.45, 7) is 0. The van der Waals surface area contributed by atoms with Gasteiger partial charge in [0.2, 0.25) is 0 Å². The van der Waals surface area contributed by atoms with Crippen LogP contribution in [0.4, 0.5) is 0 Å². The molecule has 2 nitrogen and oxygen atoms in total. The molecule has 0 aliphatic heterocycles. The number of hydrogen-bond acceptors (Lipinski definition) is 3. The Kier molecular flexibility index (Phi) is 5.96. The number of rotatable bonds is 2. The van der Waals surface area contributed by atoms with E-state index in [0.29, 0.717) is 0 Å². The third kappa shape index (κ3) is 3.85. The van der Waals surface area contributed by atoms with Crippen molar-refractivity contribution in [1.29, 1.82) is 0 Å². The fourth-order valence-corrected chi connectivity index (χ4v) is 6.82. The molecule has 0 saturated heterocycles. The Morgan fingerprint density at radius 1 is 0.538 bits per heavy atom. The lowest BCUT2D eigenvalue weighted by Gasteiger charge is -2.11. The smallest absolute Gasteiger partial charge is 0.0979 e. The highest BCUT2D eigenvalue weighted by atomic mass is 35.5. The first kappa shape index (κ1) is 23.8. The Morgan fingerprint density at radius 2 is 1.13 bits per heavy atom. The van der Waals surface area contributed by atoms with Crippen LogP contribution in [-0.4, -0.2) is 16.4 Å². The maximum Gasteiger partial charge on any atom is 0.0979 e. The van der Waals surface area contributed by atoms with Gasteiger partial charge in [-0.25, -0.2) is 4.98 Å². The Hall–Kier alpha value is -4.31. The molecule has 39 heavy (non-hydrogen) atoms. The van der Waals surface area contributed by atoms with Gasteiger partial charge >= 0.3 is 0 Å². The van der Waals surface area contributed by atoms with Crippen LogP contribution in [0.2, 0.25) is 0 Å². The summed E-state index contributed by atoms with van der Waals surface area (Å²) in [5.74, 6) is 0. The number of fused-ring (bicyclic) bond motifs is 9. The van der Waals surface area contributed by atoms with Crippen molar-refractivity contribution in [2.24, 2.45) is 0 Å². The average molecular weight is 539 g/mol. The topological polar surface area (TPSA) is 25.8 Å². The lowest BCUT2D eigenvalue weighted by molar-refractivity contribution is 1.31. The number of alkyl halides is 1. The summed E-state index contributed by atoms with van der Waals surface area (Å²) >= 11 is 6.50. The molecular formula is C35H23ClN2S. The number of nitrogens with zero attached hydrogens (tertiary/aromatic N) is 2. The van der Waals surface area contributed by atoms with Crippen LogP contribution in [-0.2, 0) is 0 Å². The molecule has 186 valence electrons. The number of aromatic nitrogens is 2. The summed E-state index contributed by atoms with van der Waals surface area (Å²) in [7, 11) is 0. The minimum atomic E-state index is 0.887. The van der Waals surface area contributed by atoms with Gasteiger partial charge in [0, 0.05) is 42.9 Å². The van der Waals surface area contributed by atoms with Gasteiger partial charge in [-0.05, 0) is 34.0 Å². The highest BCUT2D eigenvalue weighted by Crippen LogP contribution is 2.40. The van der Waals surface area contributed by atoms with Gasteiger partial charge in [0.15, 0.2) is 0 Å². The van der Waals surface area contributed by atoms with Crippen LogP contribution < -0.4 is 0 Å². The summed E-state index contributed by atoms with van der Waals surface area (Å²) in [6.07, 6.45) is 3.39. The molecule has 4 heteroatoms. The van der Waals surface area contributed by atoms with Gasteiger partial charge in [0.1, 0.15) is 0 Å². The van der Waals surface area contributed by atoms with E-state index in [9.17, 15) is 0 Å². The largest absolute Gasteiger partial charge is 0.252 e. The van der Waals surface area contributed by atoms with Crippen LogP contribution in [0.15, 0.2) is 121 Å². The first-order valence-corrected chi connectivity index (χ1v) is 14.4. The van der Waals surface area contributed by atoms with Crippen LogP contribution in [0, 0.1) is 0 Å². The summed E-state index contributed by atoms with van der Waals surface area (Å²) in [5.41, 5.74) is 6.30. The first-order chi connectivity index (χ1) is 19.3. The maximum atomic E-state index is 5.20. The summed E-state index contributed by atoms with van der Waals surface area (Å²) in [4.78, 5) is 10.2. The maximum absolute atomic E-state index is 5.20. The van der Waals surface area contributed by atoms with Gasteiger partial charge in [0.05, 0.1) is 22.9 Å². The molecule has 0 saturated carbocycles. The van der Waals surface area contributed by atoms with E-state index in [1.54, 1.807) is 0 Å². The second-order valence-corrected chi connectivity index (χ2v) is 10.5. The van der Waals surface area contributed by atoms with Crippen molar-refractivity contribution < 1.29 is 0 Å². The van der Waals surface area contributed by atoms with Gasteiger partial charge in [-0.15, -0.1) is 22.9 Å². The molecule has 0 N–H and O–H groups in total. The van der Waals surface area contributed by atoms with Crippen molar-refractivity contribution in [2.75, 3.05) is 6.38 Å². The van der Waals surface area contributed by atoms with Crippen molar-refractivity contribution in [2.45, 2.75) is 0 Å². The minimum Gasteiger partial charge on any atom is -0.252 e. The molecule has 0 bridgehead atoms. The molecule has 0 unspecified atom stereocenters. The van der Waals surface area contributed by atoms with Crippen molar-refractivity contribution in [1.82, 2.24) is 9.97 Å². The third-order valence-electron chi connectivity index (χ3n) is 7.30. The first-order valence-electron chi connectivity index (χ1n) is 12.8. The molecule has 2 heterocycles. The Bertz CT molecular complexity index is 2130. The summed E-state index contributed by atoms with van der Waals surface area (Å²) < 4.78 is 2.64. The van der Waals surface area contributed by atoms with Crippen molar-refractivity contribution in [3.05, 3.63) is 121 Å². The van der Waals surface area contributed by atoms with Crippen LogP contribution in [0.5, 0.6) is 0 Å². The van der Waals surface area contributed by atoms with Crippen LogP contribution in [0.1, 0.15) is 0 Å². The predicted molar refractivity (Wildman–Crippen MR) is 170 cm³/mol. The lowest BCUT2D eigenvalue weighted by atomic mass is 9.98. The molecule has 0 aliphatic rings. The molecule has 0 atom stereocenters. The van der Waals surface area contributed by atoms with E-state index in [4.69, 9.17) is 9.97 Å². The van der Waals surface area contributed by atoms with Crippen LogP contribution in [0.25, 0.3) is 75.1 Å².